The molecule has 58 heavy (non-hydrogen) atoms. The van der Waals surface area contributed by atoms with Gasteiger partial charge in [-0.1, -0.05) is 5.21 Å². The van der Waals surface area contributed by atoms with E-state index in [9.17, 15) is 29.4 Å². The van der Waals surface area contributed by atoms with Crippen molar-refractivity contribution >= 4 is 45.1 Å². The molecule has 0 saturated carbocycles. The van der Waals surface area contributed by atoms with Gasteiger partial charge in [0.2, 0.25) is 10.9 Å². The van der Waals surface area contributed by atoms with Crippen molar-refractivity contribution in [1.82, 2.24) is 39.3 Å². The zero-order valence-electron chi connectivity index (χ0n) is 30.9. The maximum atomic E-state index is 15.2. The van der Waals surface area contributed by atoms with Gasteiger partial charge < -0.3 is 29.5 Å². The number of aromatic nitrogens is 8. The van der Waals surface area contributed by atoms with E-state index in [0.717, 1.165) is 25.0 Å². The number of ether oxygens (including phenoxy) is 2. The van der Waals surface area contributed by atoms with Gasteiger partial charge in [-0.3, -0.25) is 29.0 Å². The number of carbonyl (C=O) groups is 2. The Balaban J connectivity index is 0.000000150. The number of carboxylic acids is 2. The molecule has 0 amide bonds. The molecule has 2 atom stereocenters. The number of aromatic carboxylic acids is 2. The van der Waals surface area contributed by atoms with E-state index in [4.69, 9.17) is 9.47 Å². The average Bonchev–Trinajstić information content (AvgIpc) is 4.04. The van der Waals surface area contributed by atoms with Crippen LogP contribution >= 0.6 is 0 Å². The molecule has 22 heteroatoms. The maximum absolute atomic E-state index is 15.2. The second-order valence-electron chi connectivity index (χ2n) is 14.3. The van der Waals surface area contributed by atoms with E-state index in [-0.39, 0.29) is 59.2 Å². The molecule has 2 saturated heterocycles. The number of rotatable bonds is 6. The van der Waals surface area contributed by atoms with Gasteiger partial charge >= 0.3 is 11.9 Å². The summed E-state index contributed by atoms with van der Waals surface area (Å²) in [6.07, 6.45) is 10.6. The molecule has 4 aliphatic heterocycles. The van der Waals surface area contributed by atoms with E-state index in [1.54, 1.807) is 58.4 Å². The topological polar surface area (TPSA) is 211 Å². The highest BCUT2D eigenvalue weighted by Gasteiger charge is 2.35. The number of anilines is 2. The quantitative estimate of drug-likeness (QED) is 0.245. The van der Waals surface area contributed by atoms with Crippen LogP contribution in [0.1, 0.15) is 45.6 Å². The Labute approximate surface area is 324 Å². The van der Waals surface area contributed by atoms with Crippen LogP contribution in [0.15, 0.2) is 58.9 Å². The number of carboxylic acid groups (broad SMARTS) is 2. The lowest BCUT2D eigenvalue weighted by Gasteiger charge is -2.33. The molecule has 20 nitrogen and oxygen atoms in total. The molecule has 8 heterocycles. The lowest BCUT2D eigenvalue weighted by Crippen LogP contribution is -2.40. The minimum atomic E-state index is -1.36. The predicted molar refractivity (Wildman–Crippen MR) is 201 cm³/mol. The van der Waals surface area contributed by atoms with Crippen LogP contribution in [0.2, 0.25) is 0 Å². The molecule has 2 aromatic carbocycles. The fourth-order valence-electron chi connectivity index (χ4n) is 8.06. The number of halogens is 2. The highest BCUT2D eigenvalue weighted by molar-refractivity contribution is 5.98. The van der Waals surface area contributed by atoms with Crippen LogP contribution in [0.4, 0.5) is 20.2 Å². The summed E-state index contributed by atoms with van der Waals surface area (Å²) in [4.78, 5) is 53.6. The van der Waals surface area contributed by atoms with Gasteiger partial charge in [-0.25, -0.2) is 23.1 Å². The molecule has 0 radical (unpaired) electrons. The first-order chi connectivity index (χ1) is 27.9. The van der Waals surface area contributed by atoms with Gasteiger partial charge in [-0.15, -0.1) is 5.10 Å². The Kier molecular flexibility index (Phi) is 8.62. The molecule has 2 unspecified atom stereocenters. The Bertz CT molecular complexity index is 2570. The summed E-state index contributed by atoms with van der Waals surface area (Å²) < 4.78 is 46.8. The van der Waals surface area contributed by atoms with Gasteiger partial charge in [0, 0.05) is 58.9 Å². The van der Waals surface area contributed by atoms with Crippen LogP contribution in [0.25, 0.3) is 21.8 Å². The third kappa shape index (κ3) is 5.77. The molecule has 4 aliphatic rings. The molecular formula is C36H34F2N12O8. The van der Waals surface area contributed by atoms with E-state index < -0.39 is 45.6 Å². The van der Waals surface area contributed by atoms with E-state index in [0.29, 0.717) is 37.2 Å². The van der Waals surface area contributed by atoms with Gasteiger partial charge in [-0.2, -0.15) is 15.0 Å². The number of pyridine rings is 2. The van der Waals surface area contributed by atoms with E-state index in [2.05, 4.69) is 20.5 Å². The fourth-order valence-corrected chi connectivity index (χ4v) is 8.06. The van der Waals surface area contributed by atoms with Crippen LogP contribution in [0, 0.1) is 11.6 Å². The SMILES string of the molecule is CN1COc2c(N3CCC(n4ccnn4)C3)c(F)cc3c(=O)c(C(=O)O)cn1c23.CN1COc2c(N3CCC(n4nccn4)C3)c(F)cc3c(=O)c(C(=O)O)cn1c23. The number of benzene rings is 2. The summed E-state index contributed by atoms with van der Waals surface area (Å²) >= 11 is 0. The fraction of sp³-hybridized carbons (Fsp3) is 0.333. The van der Waals surface area contributed by atoms with Crippen molar-refractivity contribution in [2.45, 2.75) is 24.9 Å². The molecule has 2 fully saturated rings. The summed E-state index contributed by atoms with van der Waals surface area (Å²) in [5.41, 5.74) is -1.08. The molecule has 300 valence electrons. The van der Waals surface area contributed by atoms with Crippen LogP contribution in [-0.4, -0.2) is 115 Å². The zero-order valence-corrected chi connectivity index (χ0v) is 30.9. The normalized spacial score (nSPS) is 18.3. The summed E-state index contributed by atoms with van der Waals surface area (Å²) in [6, 6.07) is 2.24. The standard InChI is InChI=1S/2C18H17FN6O4/c1-22-9-29-17-14-11(16(26)12(18(27)28)8-24(14)22)6-13(19)15(17)23-5-2-10(7-23)25-20-3-4-21-25;1-22-9-29-17-14-11(16(26)12(18(27)28)8-25(14)22)6-13(19)15(17)23-4-2-10(7-23)24-5-3-20-21-24/h3-4,6,8,10H,2,5,7,9H2,1H3,(H,27,28);3,5-6,8,10H,2,4,7,9H2,1H3,(H,27,28). The van der Waals surface area contributed by atoms with Crippen molar-refractivity contribution < 1.29 is 38.1 Å². The van der Waals surface area contributed by atoms with Crippen molar-refractivity contribution in [2.24, 2.45) is 0 Å². The highest BCUT2D eigenvalue weighted by Crippen LogP contribution is 2.43. The smallest absolute Gasteiger partial charge is 0.341 e. The number of nitrogens with zero attached hydrogens (tertiary/aromatic N) is 12. The summed E-state index contributed by atoms with van der Waals surface area (Å²) in [5, 5.41) is 38.0. The second-order valence-corrected chi connectivity index (χ2v) is 14.3. The summed E-state index contributed by atoms with van der Waals surface area (Å²) in [5.74, 6) is -3.49. The van der Waals surface area contributed by atoms with Crippen LogP contribution in [0.3, 0.4) is 0 Å². The third-order valence-corrected chi connectivity index (χ3v) is 10.8. The van der Waals surface area contributed by atoms with E-state index in [1.807, 2.05) is 9.80 Å². The third-order valence-electron chi connectivity index (χ3n) is 10.8. The average molecular weight is 801 g/mol. The molecular weight excluding hydrogens is 766 g/mol. The molecule has 0 bridgehead atoms. The van der Waals surface area contributed by atoms with Crippen LogP contribution < -0.4 is 40.1 Å². The molecule has 10 rings (SSSR count). The largest absolute Gasteiger partial charge is 0.477 e. The molecule has 6 aromatic rings. The maximum Gasteiger partial charge on any atom is 0.341 e. The van der Waals surface area contributed by atoms with Gasteiger partial charge in [0.05, 0.1) is 41.4 Å². The van der Waals surface area contributed by atoms with Crippen molar-refractivity contribution in [3.8, 4) is 11.5 Å². The number of hydrogen-bond acceptors (Lipinski definition) is 14. The van der Waals surface area contributed by atoms with E-state index in [1.165, 1.54) is 21.7 Å². The Morgan fingerprint density at radius 3 is 1.69 bits per heavy atom. The second kappa shape index (κ2) is 13.7. The predicted octanol–water partition coefficient (Wildman–Crippen LogP) is 1.60. The van der Waals surface area contributed by atoms with Crippen molar-refractivity contribution in [3.63, 3.8) is 0 Å². The van der Waals surface area contributed by atoms with Gasteiger partial charge in [-0.05, 0) is 25.0 Å². The summed E-state index contributed by atoms with van der Waals surface area (Å²) in [7, 11) is 3.38. The molecule has 4 aromatic heterocycles. The lowest BCUT2D eigenvalue weighted by molar-refractivity contribution is 0.0683. The van der Waals surface area contributed by atoms with E-state index >= 15 is 8.78 Å². The first kappa shape index (κ1) is 36.4. The van der Waals surface area contributed by atoms with Gasteiger partial charge in [0.1, 0.15) is 33.5 Å². The Hall–Kier alpha value is -7.26. The molecule has 0 spiro atoms. The highest BCUT2D eigenvalue weighted by atomic mass is 19.1. The first-order valence-electron chi connectivity index (χ1n) is 18.1. The monoisotopic (exact) mass is 800 g/mol. The molecule has 0 aliphatic carbocycles. The molecule has 2 N–H and O–H groups in total. The van der Waals surface area contributed by atoms with Crippen molar-refractivity contribution in [2.75, 3.05) is 73.6 Å². The van der Waals surface area contributed by atoms with Crippen molar-refractivity contribution in [1.29, 1.82) is 0 Å². The minimum absolute atomic E-state index is 0.00450. The van der Waals surface area contributed by atoms with Gasteiger partial charge in [0.15, 0.2) is 36.6 Å². The number of hydrogen-bond donors (Lipinski definition) is 2. The first-order valence-corrected chi connectivity index (χ1v) is 18.1. The minimum Gasteiger partial charge on any atom is -0.477 e. The summed E-state index contributed by atoms with van der Waals surface area (Å²) in [6.45, 7) is 2.31. The van der Waals surface area contributed by atoms with Crippen LogP contribution in [0.5, 0.6) is 11.5 Å². The van der Waals surface area contributed by atoms with Crippen molar-refractivity contribution in [3.05, 3.63) is 92.5 Å². The lowest BCUT2D eigenvalue weighted by atomic mass is 10.1. The van der Waals surface area contributed by atoms with Gasteiger partial charge in [0.25, 0.3) is 0 Å². The zero-order chi connectivity index (χ0) is 40.6. The van der Waals surface area contributed by atoms with Crippen LogP contribution in [-0.2, 0) is 0 Å². The Morgan fingerprint density at radius 1 is 0.741 bits per heavy atom. The Morgan fingerprint density at radius 2 is 1.22 bits per heavy atom.